The lowest BCUT2D eigenvalue weighted by molar-refractivity contribution is -0.139. The van der Waals surface area contributed by atoms with Gasteiger partial charge in [0.25, 0.3) is 0 Å². The third-order valence-electron chi connectivity index (χ3n) is 2.69. The molecule has 0 fully saturated rings. The lowest BCUT2D eigenvalue weighted by Gasteiger charge is -2.11. The lowest BCUT2D eigenvalue weighted by atomic mass is 10.2. The van der Waals surface area contributed by atoms with E-state index in [1.807, 2.05) is 0 Å². The van der Waals surface area contributed by atoms with Gasteiger partial charge in [0.2, 0.25) is 0 Å². The second kappa shape index (κ2) is 6.42. The van der Waals surface area contributed by atoms with E-state index in [1.165, 1.54) is 0 Å². The number of nitrogens with zero attached hydrogens (tertiary/aromatic N) is 1. The van der Waals surface area contributed by atoms with E-state index in [9.17, 15) is 22.4 Å². The Bertz CT molecular complexity index is 659. The normalized spacial score (nSPS) is 11.1. The second-order valence-corrected chi connectivity index (χ2v) is 4.32. The van der Waals surface area contributed by atoms with Gasteiger partial charge in [-0.2, -0.15) is 13.2 Å². The fraction of sp³-hybridized carbons (Fsp3) is 0.143. The highest BCUT2D eigenvalue weighted by molar-refractivity contribution is 5.89. The topological polar surface area (TPSA) is 54.0 Å². The fourth-order valence-corrected chi connectivity index (χ4v) is 1.67. The number of urea groups is 1. The van der Waals surface area contributed by atoms with Gasteiger partial charge in [0.1, 0.15) is 5.82 Å². The van der Waals surface area contributed by atoms with Crippen LogP contribution in [0.4, 0.5) is 28.0 Å². The summed E-state index contributed by atoms with van der Waals surface area (Å²) in [5.41, 5.74) is -1.00. The van der Waals surface area contributed by atoms with Crippen molar-refractivity contribution in [2.24, 2.45) is 0 Å². The molecule has 0 saturated heterocycles. The van der Waals surface area contributed by atoms with Gasteiger partial charge in [0.15, 0.2) is 0 Å². The van der Waals surface area contributed by atoms with Crippen molar-refractivity contribution in [1.29, 1.82) is 0 Å². The van der Waals surface area contributed by atoms with Crippen LogP contribution in [-0.4, -0.2) is 11.0 Å². The zero-order valence-corrected chi connectivity index (χ0v) is 11.1. The van der Waals surface area contributed by atoms with E-state index in [-0.39, 0.29) is 12.2 Å². The number of halogens is 4. The molecule has 4 nitrogen and oxygen atoms in total. The highest BCUT2D eigenvalue weighted by Gasteiger charge is 2.34. The van der Waals surface area contributed by atoms with Gasteiger partial charge in [-0.05, 0) is 30.3 Å². The first kappa shape index (κ1) is 15.7. The molecule has 0 aliphatic rings. The second-order valence-electron chi connectivity index (χ2n) is 4.32. The molecule has 0 aliphatic carbocycles. The molecule has 2 rings (SSSR count). The molecular weight excluding hydrogens is 302 g/mol. The Kier molecular flexibility index (Phi) is 4.59. The molecular formula is C14H11F4N3O. The molecule has 116 valence electrons. The number of pyridine rings is 1. The zero-order chi connectivity index (χ0) is 16.2. The van der Waals surface area contributed by atoms with Gasteiger partial charge in [-0.15, -0.1) is 0 Å². The molecule has 1 aromatic carbocycles. The average molecular weight is 313 g/mol. The zero-order valence-electron chi connectivity index (χ0n) is 11.1. The molecule has 2 aromatic rings. The summed E-state index contributed by atoms with van der Waals surface area (Å²) in [4.78, 5) is 15.6. The van der Waals surface area contributed by atoms with E-state index in [0.29, 0.717) is 17.8 Å². The van der Waals surface area contributed by atoms with Crippen LogP contribution in [0.2, 0.25) is 0 Å². The molecule has 22 heavy (non-hydrogen) atoms. The molecule has 8 heteroatoms. The number of hydrogen-bond donors (Lipinski definition) is 2. The van der Waals surface area contributed by atoms with E-state index in [2.05, 4.69) is 15.6 Å². The van der Waals surface area contributed by atoms with Crippen LogP contribution < -0.4 is 10.6 Å². The van der Waals surface area contributed by atoms with Gasteiger partial charge >= 0.3 is 12.2 Å². The maximum Gasteiger partial charge on any atom is 0.419 e. The largest absolute Gasteiger partial charge is 0.419 e. The predicted molar refractivity (Wildman–Crippen MR) is 71.5 cm³/mol. The van der Waals surface area contributed by atoms with Crippen LogP contribution in [0, 0.1) is 5.82 Å². The molecule has 0 unspecified atom stereocenters. The first-order valence-electron chi connectivity index (χ1n) is 6.18. The van der Waals surface area contributed by atoms with Gasteiger partial charge in [0, 0.05) is 11.9 Å². The van der Waals surface area contributed by atoms with Gasteiger partial charge < -0.3 is 10.6 Å². The monoisotopic (exact) mass is 313 g/mol. The molecule has 0 spiro atoms. The maximum atomic E-state index is 13.1. The quantitative estimate of drug-likeness (QED) is 0.851. The number of carbonyl (C=O) groups excluding carboxylic acids is 1. The number of amides is 2. The Morgan fingerprint density at radius 3 is 2.59 bits per heavy atom. The minimum absolute atomic E-state index is 0.111. The molecule has 2 amide bonds. The SMILES string of the molecule is O=C(NCc1ccccn1)Nc1ccc(F)c(C(F)(F)F)c1. The van der Waals surface area contributed by atoms with Gasteiger partial charge in [-0.3, -0.25) is 4.98 Å². The summed E-state index contributed by atoms with van der Waals surface area (Å²) in [6, 6.07) is 6.64. The molecule has 0 aliphatic heterocycles. The highest BCUT2D eigenvalue weighted by atomic mass is 19.4. The number of nitrogens with one attached hydrogen (secondary N) is 2. The summed E-state index contributed by atoms with van der Waals surface area (Å²) in [7, 11) is 0. The van der Waals surface area contributed by atoms with Crippen LogP contribution >= 0.6 is 0 Å². The average Bonchev–Trinajstić information content (AvgIpc) is 2.47. The number of benzene rings is 1. The Balaban J connectivity index is 2.00. The predicted octanol–water partition coefficient (Wildman–Crippen LogP) is 3.56. The number of alkyl halides is 3. The Labute approximate surface area is 123 Å². The van der Waals surface area contributed by atoms with Crippen molar-refractivity contribution in [2.75, 3.05) is 5.32 Å². The summed E-state index contributed by atoms with van der Waals surface area (Å²) < 4.78 is 50.8. The maximum absolute atomic E-state index is 13.1. The Hall–Kier alpha value is -2.64. The van der Waals surface area contributed by atoms with E-state index >= 15 is 0 Å². The van der Waals surface area contributed by atoms with E-state index in [1.54, 1.807) is 24.4 Å². The van der Waals surface area contributed by atoms with Gasteiger partial charge in [0.05, 0.1) is 17.8 Å². The minimum Gasteiger partial charge on any atom is -0.332 e. The van der Waals surface area contributed by atoms with Crippen LogP contribution in [0.1, 0.15) is 11.3 Å². The standard InChI is InChI=1S/C14H11F4N3O/c15-12-5-4-9(7-11(12)14(16,17)18)21-13(22)20-8-10-3-1-2-6-19-10/h1-7H,8H2,(H2,20,21,22). The van der Waals surface area contributed by atoms with Crippen molar-refractivity contribution < 1.29 is 22.4 Å². The summed E-state index contributed by atoms with van der Waals surface area (Å²) in [6.45, 7) is 0.111. The van der Waals surface area contributed by atoms with Crippen molar-refractivity contribution in [3.8, 4) is 0 Å². The number of aromatic nitrogens is 1. The van der Waals surface area contributed by atoms with E-state index in [4.69, 9.17) is 0 Å². The van der Waals surface area contributed by atoms with Crippen molar-refractivity contribution in [3.63, 3.8) is 0 Å². The van der Waals surface area contributed by atoms with Crippen LogP contribution in [0.3, 0.4) is 0 Å². The summed E-state index contributed by atoms with van der Waals surface area (Å²) >= 11 is 0. The van der Waals surface area contributed by atoms with Crippen LogP contribution in [0.25, 0.3) is 0 Å². The van der Waals surface area contributed by atoms with Crippen molar-refractivity contribution >= 4 is 11.7 Å². The third kappa shape index (κ3) is 4.18. The molecule has 2 N–H and O–H groups in total. The Morgan fingerprint density at radius 2 is 1.95 bits per heavy atom. The number of carbonyl (C=O) groups is 1. The summed E-state index contributed by atoms with van der Waals surface area (Å²) in [6.07, 6.45) is -3.28. The van der Waals surface area contributed by atoms with Crippen LogP contribution in [0.5, 0.6) is 0 Å². The van der Waals surface area contributed by atoms with Crippen LogP contribution in [0.15, 0.2) is 42.6 Å². The van der Waals surface area contributed by atoms with Gasteiger partial charge in [-0.1, -0.05) is 6.07 Å². The lowest BCUT2D eigenvalue weighted by Crippen LogP contribution is -2.28. The van der Waals surface area contributed by atoms with Crippen LogP contribution in [-0.2, 0) is 12.7 Å². The van der Waals surface area contributed by atoms with Gasteiger partial charge in [-0.25, -0.2) is 9.18 Å². The van der Waals surface area contributed by atoms with Crippen molar-refractivity contribution in [1.82, 2.24) is 10.3 Å². The number of rotatable bonds is 3. The van der Waals surface area contributed by atoms with Crippen molar-refractivity contribution in [3.05, 3.63) is 59.7 Å². The smallest absolute Gasteiger partial charge is 0.332 e. The van der Waals surface area contributed by atoms with E-state index in [0.717, 1.165) is 6.07 Å². The third-order valence-corrected chi connectivity index (χ3v) is 2.69. The molecule has 0 radical (unpaired) electrons. The summed E-state index contributed by atoms with van der Waals surface area (Å²) in [5.74, 6) is -1.40. The molecule has 1 aromatic heterocycles. The van der Waals surface area contributed by atoms with Crippen molar-refractivity contribution in [2.45, 2.75) is 12.7 Å². The number of anilines is 1. The first-order chi connectivity index (χ1) is 10.4. The highest BCUT2D eigenvalue weighted by Crippen LogP contribution is 2.32. The fourth-order valence-electron chi connectivity index (χ4n) is 1.67. The molecule has 0 saturated carbocycles. The molecule has 0 atom stereocenters. The Morgan fingerprint density at radius 1 is 1.18 bits per heavy atom. The summed E-state index contributed by atoms with van der Waals surface area (Å²) in [5, 5.41) is 4.64. The number of hydrogen-bond acceptors (Lipinski definition) is 2. The first-order valence-corrected chi connectivity index (χ1v) is 6.18. The minimum atomic E-state index is -4.83. The molecule has 0 bridgehead atoms. The molecule has 1 heterocycles. The van der Waals surface area contributed by atoms with E-state index < -0.39 is 23.6 Å².